The number of nitrogens with one attached hydrogen (secondary N) is 2. The second-order valence-corrected chi connectivity index (χ2v) is 7.52. The Morgan fingerprint density at radius 2 is 1.76 bits per heavy atom. The van der Waals surface area contributed by atoms with E-state index in [2.05, 4.69) is 26.5 Å². The number of allylic oxidation sites excluding steroid dienone is 1. The van der Waals surface area contributed by atoms with Crippen molar-refractivity contribution in [1.29, 1.82) is 5.26 Å². The van der Waals surface area contributed by atoms with Gasteiger partial charge in [-0.05, 0) is 42.5 Å². The minimum absolute atomic E-state index is 0.0448. The molecule has 0 spiro atoms. The topological polar surface area (TPSA) is 135 Å². The summed E-state index contributed by atoms with van der Waals surface area (Å²) in [5.74, 6) is 0.305. The van der Waals surface area contributed by atoms with E-state index in [1.54, 1.807) is 44.7 Å². The van der Waals surface area contributed by atoms with Gasteiger partial charge in [-0.15, -0.1) is 5.10 Å². The lowest BCUT2D eigenvalue weighted by molar-refractivity contribution is 0.355. The summed E-state index contributed by atoms with van der Waals surface area (Å²) < 4.78 is 30.0. The Hall–Kier alpha value is -4.78. The van der Waals surface area contributed by atoms with E-state index in [-0.39, 0.29) is 23.2 Å². The Balaban J connectivity index is 1.71. The molecule has 34 heavy (non-hydrogen) atoms. The fraction of sp³-hybridized carbons (Fsp3) is 0.125. The lowest BCUT2D eigenvalue weighted by Crippen LogP contribution is -2.21. The van der Waals surface area contributed by atoms with E-state index < -0.39 is 5.92 Å². The molecule has 0 aliphatic carbocycles. The van der Waals surface area contributed by atoms with E-state index in [9.17, 15) is 9.65 Å². The first kappa shape index (κ1) is 21.1. The molecule has 4 aromatic rings. The number of fused-ring (bicyclic) bond motifs is 1. The summed E-state index contributed by atoms with van der Waals surface area (Å²) in [6.45, 7) is 0. The minimum atomic E-state index is -0.644. The third-order valence-corrected chi connectivity index (χ3v) is 5.72. The van der Waals surface area contributed by atoms with E-state index in [0.717, 1.165) is 5.56 Å². The minimum Gasteiger partial charge on any atom is -0.493 e. The highest BCUT2D eigenvalue weighted by Gasteiger charge is 2.37. The number of hydrogen-bond donors (Lipinski definition) is 3. The smallest absolute Gasteiger partial charge is 0.244 e. The van der Waals surface area contributed by atoms with E-state index in [4.69, 9.17) is 19.9 Å². The molecule has 0 saturated heterocycles. The van der Waals surface area contributed by atoms with Crippen LogP contribution in [-0.2, 0) is 0 Å². The molecule has 2 aromatic carbocycles. The van der Waals surface area contributed by atoms with Crippen LogP contribution in [0.4, 0.5) is 4.39 Å². The zero-order chi connectivity index (χ0) is 23.8. The Bertz CT molecular complexity index is 1450. The Morgan fingerprint density at radius 3 is 2.47 bits per heavy atom. The van der Waals surface area contributed by atoms with Crippen LogP contribution >= 0.6 is 0 Å². The average molecular weight is 458 g/mol. The van der Waals surface area contributed by atoms with Gasteiger partial charge >= 0.3 is 0 Å². The molecular formula is C24H19FN6O3. The van der Waals surface area contributed by atoms with Crippen molar-refractivity contribution in [3.8, 4) is 46.0 Å². The zero-order valence-electron chi connectivity index (χ0n) is 18.2. The number of H-pyrrole nitrogens is 2. The number of nitriles is 1. The molecule has 0 saturated carbocycles. The quantitative estimate of drug-likeness (QED) is 0.413. The van der Waals surface area contributed by atoms with Crippen molar-refractivity contribution in [2.45, 2.75) is 5.92 Å². The van der Waals surface area contributed by atoms with Gasteiger partial charge in [-0.2, -0.15) is 10.4 Å². The van der Waals surface area contributed by atoms with Gasteiger partial charge in [0.1, 0.15) is 17.5 Å². The molecule has 3 heterocycles. The van der Waals surface area contributed by atoms with Crippen molar-refractivity contribution in [3.05, 3.63) is 77.1 Å². The highest BCUT2D eigenvalue weighted by molar-refractivity contribution is 5.75. The fourth-order valence-electron chi connectivity index (χ4n) is 4.13. The second kappa shape index (κ2) is 8.29. The predicted octanol–water partition coefficient (Wildman–Crippen LogP) is 3.84. The molecule has 0 unspecified atom stereocenters. The predicted molar refractivity (Wildman–Crippen MR) is 120 cm³/mol. The summed E-state index contributed by atoms with van der Waals surface area (Å²) >= 11 is 0. The zero-order valence-corrected chi connectivity index (χ0v) is 18.2. The third-order valence-electron chi connectivity index (χ3n) is 5.72. The monoisotopic (exact) mass is 458 g/mol. The maximum atomic E-state index is 13.5. The molecule has 4 N–H and O–H groups in total. The van der Waals surface area contributed by atoms with Crippen LogP contribution in [-0.4, -0.2) is 34.6 Å². The molecule has 1 atom stereocenters. The van der Waals surface area contributed by atoms with Gasteiger partial charge in [0.25, 0.3) is 0 Å². The van der Waals surface area contributed by atoms with Crippen molar-refractivity contribution in [2.75, 3.05) is 14.2 Å². The molecular weight excluding hydrogens is 439 g/mol. The Kier molecular flexibility index (Phi) is 5.14. The summed E-state index contributed by atoms with van der Waals surface area (Å²) in [6.07, 6.45) is 1.62. The van der Waals surface area contributed by atoms with Crippen molar-refractivity contribution >= 4 is 0 Å². The van der Waals surface area contributed by atoms with Crippen LogP contribution in [0.5, 0.6) is 17.4 Å². The van der Waals surface area contributed by atoms with Gasteiger partial charge in [-0.3, -0.25) is 10.2 Å². The first-order valence-electron chi connectivity index (χ1n) is 10.2. The molecule has 1 aliphatic rings. The van der Waals surface area contributed by atoms with Gasteiger partial charge in [0, 0.05) is 16.7 Å². The molecule has 0 bridgehead atoms. The molecule has 170 valence electrons. The second-order valence-electron chi connectivity index (χ2n) is 7.52. The molecule has 10 heteroatoms. The number of aromatic nitrogens is 4. The lowest BCUT2D eigenvalue weighted by Gasteiger charge is -2.24. The summed E-state index contributed by atoms with van der Waals surface area (Å²) in [5, 5.41) is 24.5. The highest BCUT2D eigenvalue weighted by Crippen LogP contribution is 2.48. The van der Waals surface area contributed by atoms with Crippen molar-refractivity contribution in [1.82, 2.24) is 20.4 Å². The standard InChI is InChI=1S/C24H19FN6O3/c1-32-17-8-5-13(9-18(17)33-2)22-20-19(15(10-26)23(27)34-24(20)31-30-22)16-11-28-29-21(16)12-3-6-14(25)7-4-12/h3-9,11,19H,27H2,1-2H3,(H,28,29)(H,30,31)/t19-/m0/s1. The van der Waals surface area contributed by atoms with Gasteiger partial charge in [-0.25, -0.2) is 4.39 Å². The van der Waals surface area contributed by atoms with Crippen LogP contribution in [0.15, 0.2) is 60.1 Å². The molecule has 5 rings (SSSR count). The summed E-state index contributed by atoms with van der Waals surface area (Å²) in [4.78, 5) is 0. The number of ether oxygens (including phenoxy) is 3. The number of aromatic amines is 2. The van der Waals surface area contributed by atoms with Crippen LogP contribution in [0.1, 0.15) is 17.0 Å². The number of methoxy groups -OCH3 is 2. The summed E-state index contributed by atoms with van der Waals surface area (Å²) in [7, 11) is 3.11. The van der Waals surface area contributed by atoms with Gasteiger partial charge in [-0.1, -0.05) is 0 Å². The van der Waals surface area contributed by atoms with E-state index in [0.29, 0.717) is 39.6 Å². The number of halogens is 1. The molecule has 0 radical (unpaired) electrons. The van der Waals surface area contributed by atoms with Gasteiger partial charge in [0.05, 0.1) is 43.3 Å². The van der Waals surface area contributed by atoms with Crippen molar-refractivity contribution in [2.24, 2.45) is 5.73 Å². The average Bonchev–Trinajstić information content (AvgIpc) is 3.50. The first-order chi connectivity index (χ1) is 16.5. The number of nitrogens with zero attached hydrogens (tertiary/aromatic N) is 3. The molecule has 2 aromatic heterocycles. The number of hydrogen-bond acceptors (Lipinski definition) is 7. The summed E-state index contributed by atoms with van der Waals surface area (Å²) in [6, 6.07) is 13.6. The van der Waals surface area contributed by atoms with Crippen molar-refractivity contribution < 1.29 is 18.6 Å². The van der Waals surface area contributed by atoms with Crippen LogP contribution in [0.25, 0.3) is 22.5 Å². The Morgan fingerprint density at radius 1 is 1.03 bits per heavy atom. The number of nitrogens with two attached hydrogens (primary N) is 1. The number of benzene rings is 2. The summed E-state index contributed by atoms with van der Waals surface area (Å²) in [5.41, 5.74) is 10.3. The third kappa shape index (κ3) is 3.31. The van der Waals surface area contributed by atoms with Crippen LogP contribution in [0.2, 0.25) is 0 Å². The molecule has 0 fully saturated rings. The molecule has 9 nitrogen and oxygen atoms in total. The Labute approximate surface area is 193 Å². The molecule has 1 aliphatic heterocycles. The van der Waals surface area contributed by atoms with Crippen LogP contribution in [0, 0.1) is 17.1 Å². The lowest BCUT2D eigenvalue weighted by atomic mass is 9.82. The van der Waals surface area contributed by atoms with Gasteiger partial charge in [0.2, 0.25) is 11.8 Å². The SMILES string of the molecule is COc1ccc(-c2[nH]nc3c2[C@H](c2cn[nH]c2-c2ccc(F)cc2)C(C#N)=C(N)O3)cc1OC. The van der Waals surface area contributed by atoms with E-state index in [1.807, 2.05) is 6.07 Å². The maximum Gasteiger partial charge on any atom is 0.244 e. The van der Waals surface area contributed by atoms with E-state index >= 15 is 0 Å². The van der Waals surface area contributed by atoms with Crippen LogP contribution in [0.3, 0.4) is 0 Å². The normalized spacial score (nSPS) is 14.8. The largest absolute Gasteiger partial charge is 0.493 e. The van der Waals surface area contributed by atoms with Gasteiger partial charge in [0.15, 0.2) is 11.5 Å². The first-order valence-corrected chi connectivity index (χ1v) is 10.2. The van der Waals surface area contributed by atoms with E-state index in [1.165, 1.54) is 12.1 Å². The van der Waals surface area contributed by atoms with Crippen molar-refractivity contribution in [3.63, 3.8) is 0 Å². The highest BCUT2D eigenvalue weighted by atomic mass is 19.1. The fourth-order valence-corrected chi connectivity index (χ4v) is 4.13. The number of rotatable bonds is 5. The van der Waals surface area contributed by atoms with Crippen LogP contribution < -0.4 is 19.9 Å². The molecule has 0 amide bonds. The van der Waals surface area contributed by atoms with Gasteiger partial charge < -0.3 is 19.9 Å². The maximum absolute atomic E-state index is 13.5.